The number of amides is 1. The molecule has 25 heavy (non-hydrogen) atoms. The highest BCUT2D eigenvalue weighted by atomic mass is 35.5. The molecule has 1 aliphatic rings. The lowest BCUT2D eigenvalue weighted by Crippen LogP contribution is -2.30. The molecule has 2 rings (SSSR count). The predicted octanol–water partition coefficient (Wildman–Crippen LogP) is 0.715. The van der Waals surface area contributed by atoms with Gasteiger partial charge in [0.15, 0.2) is 0 Å². The van der Waals surface area contributed by atoms with Crippen LogP contribution in [-0.2, 0) is 14.8 Å². The molecule has 0 aliphatic carbocycles. The molecule has 1 amide bonds. The Labute approximate surface area is 155 Å². The number of halogens is 1. The van der Waals surface area contributed by atoms with E-state index in [9.17, 15) is 13.2 Å². The first-order valence-corrected chi connectivity index (χ1v) is 9.49. The first-order chi connectivity index (χ1) is 11.5. The van der Waals surface area contributed by atoms with E-state index in [1.807, 2.05) is 11.9 Å². The molecular formula is C16H26ClN3O4S. The largest absolute Gasteiger partial charge is 0.383 e. The average Bonchev–Trinajstić information content (AvgIpc) is 3.03. The van der Waals surface area contributed by atoms with Crippen molar-refractivity contribution in [1.82, 2.24) is 14.9 Å². The lowest BCUT2D eigenvalue weighted by Gasteiger charge is -2.17. The Kier molecular flexibility index (Phi) is 8.81. The van der Waals surface area contributed by atoms with Crippen molar-refractivity contribution < 1.29 is 17.9 Å². The second-order valence-electron chi connectivity index (χ2n) is 5.88. The molecule has 0 spiro atoms. The van der Waals surface area contributed by atoms with Crippen LogP contribution in [-0.4, -0.2) is 66.2 Å². The smallest absolute Gasteiger partial charge is 0.253 e. The van der Waals surface area contributed by atoms with Crippen molar-refractivity contribution in [3.05, 3.63) is 29.8 Å². The van der Waals surface area contributed by atoms with Gasteiger partial charge in [0, 0.05) is 32.3 Å². The van der Waals surface area contributed by atoms with E-state index >= 15 is 0 Å². The number of hydrogen-bond donors (Lipinski definition) is 2. The number of carbonyl (C=O) groups is 1. The third-order valence-corrected chi connectivity index (χ3v) is 5.55. The number of ether oxygens (including phenoxy) is 1. The van der Waals surface area contributed by atoms with E-state index in [4.69, 9.17) is 4.74 Å². The fourth-order valence-electron chi connectivity index (χ4n) is 2.79. The molecule has 9 heteroatoms. The maximum atomic E-state index is 12.5. The summed E-state index contributed by atoms with van der Waals surface area (Å²) in [5, 5.41) is 3.13. The van der Waals surface area contributed by atoms with Crippen LogP contribution >= 0.6 is 12.4 Å². The molecule has 1 unspecified atom stereocenters. The number of nitrogens with one attached hydrogen (secondary N) is 2. The fraction of sp³-hybridized carbons (Fsp3) is 0.562. The zero-order valence-electron chi connectivity index (χ0n) is 14.5. The monoisotopic (exact) mass is 391 g/mol. The summed E-state index contributed by atoms with van der Waals surface area (Å²) >= 11 is 0. The van der Waals surface area contributed by atoms with Crippen molar-refractivity contribution in [3.63, 3.8) is 0 Å². The first-order valence-electron chi connectivity index (χ1n) is 8.00. The zero-order chi connectivity index (χ0) is 17.6. The molecular weight excluding hydrogens is 366 g/mol. The minimum atomic E-state index is -3.57. The van der Waals surface area contributed by atoms with E-state index in [0.717, 1.165) is 26.1 Å². The van der Waals surface area contributed by atoms with E-state index in [2.05, 4.69) is 10.0 Å². The van der Waals surface area contributed by atoms with Crippen LogP contribution in [0.2, 0.25) is 0 Å². The molecule has 1 aromatic carbocycles. The molecule has 2 N–H and O–H groups in total. The van der Waals surface area contributed by atoms with Crippen molar-refractivity contribution in [2.45, 2.75) is 11.3 Å². The van der Waals surface area contributed by atoms with Crippen LogP contribution in [0.15, 0.2) is 29.2 Å². The summed E-state index contributed by atoms with van der Waals surface area (Å²) < 4.78 is 31.5. The maximum Gasteiger partial charge on any atom is 0.253 e. The summed E-state index contributed by atoms with van der Waals surface area (Å²) in [5.74, 6) is 0.425. The van der Waals surface area contributed by atoms with Gasteiger partial charge in [-0.1, -0.05) is 0 Å². The molecule has 0 saturated carbocycles. The van der Waals surface area contributed by atoms with Gasteiger partial charge in [0.05, 0.1) is 11.5 Å². The third kappa shape index (κ3) is 5.93. The fourth-order valence-corrected chi connectivity index (χ4v) is 3.81. The molecule has 0 aromatic heterocycles. The molecule has 1 heterocycles. The lowest BCUT2D eigenvalue weighted by molar-refractivity contribution is 0.0787. The number of methoxy groups -OCH3 is 1. The highest BCUT2D eigenvalue weighted by molar-refractivity contribution is 7.89. The van der Waals surface area contributed by atoms with Crippen LogP contribution < -0.4 is 10.0 Å². The summed E-state index contributed by atoms with van der Waals surface area (Å²) in [6.07, 6.45) is 0.989. The van der Waals surface area contributed by atoms with Crippen molar-refractivity contribution in [3.8, 4) is 0 Å². The van der Waals surface area contributed by atoms with E-state index in [0.29, 0.717) is 18.1 Å². The van der Waals surface area contributed by atoms with Crippen molar-refractivity contribution in [2.75, 3.05) is 46.9 Å². The van der Waals surface area contributed by atoms with Crippen LogP contribution in [0.5, 0.6) is 0 Å². The Morgan fingerprint density at radius 1 is 1.32 bits per heavy atom. The molecule has 1 aliphatic heterocycles. The quantitative estimate of drug-likeness (QED) is 0.637. The molecule has 7 nitrogen and oxygen atoms in total. The standard InChI is InChI=1S/C16H25N3O4S.ClH/c1-17-11-13-7-9-19(12-13)16(20)14-3-5-15(6-4-14)24(21,22)18-8-10-23-2;/h3-6,13,17-18H,7-12H2,1-2H3;1H. The van der Waals surface area contributed by atoms with Crippen LogP contribution in [0.1, 0.15) is 16.8 Å². The van der Waals surface area contributed by atoms with Gasteiger partial charge in [-0.25, -0.2) is 13.1 Å². The molecule has 1 fully saturated rings. The Hall–Kier alpha value is -1.19. The minimum absolute atomic E-state index is 0. The summed E-state index contributed by atoms with van der Waals surface area (Å²) in [5.41, 5.74) is 0.510. The molecule has 1 aromatic rings. The van der Waals surface area contributed by atoms with Gasteiger partial charge in [-0.3, -0.25) is 4.79 Å². The number of benzene rings is 1. The van der Waals surface area contributed by atoms with Gasteiger partial charge >= 0.3 is 0 Å². The lowest BCUT2D eigenvalue weighted by atomic mass is 10.1. The van der Waals surface area contributed by atoms with E-state index in [-0.39, 0.29) is 29.8 Å². The minimum Gasteiger partial charge on any atom is -0.383 e. The van der Waals surface area contributed by atoms with Crippen molar-refractivity contribution >= 4 is 28.3 Å². The van der Waals surface area contributed by atoms with Crippen LogP contribution in [0, 0.1) is 5.92 Å². The average molecular weight is 392 g/mol. The van der Waals surface area contributed by atoms with Gasteiger partial charge in [0.2, 0.25) is 10.0 Å². The van der Waals surface area contributed by atoms with Gasteiger partial charge in [0.25, 0.3) is 5.91 Å². The Morgan fingerprint density at radius 2 is 2.00 bits per heavy atom. The van der Waals surface area contributed by atoms with Crippen molar-refractivity contribution in [1.29, 1.82) is 0 Å². The molecule has 0 bridgehead atoms. The predicted molar refractivity (Wildman–Crippen MR) is 98.7 cm³/mol. The second kappa shape index (κ2) is 10.1. The highest BCUT2D eigenvalue weighted by Crippen LogP contribution is 2.19. The normalized spacial score (nSPS) is 17.4. The molecule has 0 radical (unpaired) electrons. The summed E-state index contributed by atoms with van der Waals surface area (Å²) in [7, 11) is -0.158. The Bertz CT molecular complexity index is 652. The number of rotatable bonds is 8. The molecule has 142 valence electrons. The van der Waals surface area contributed by atoms with Gasteiger partial charge in [0.1, 0.15) is 0 Å². The number of hydrogen-bond acceptors (Lipinski definition) is 5. The Morgan fingerprint density at radius 3 is 2.60 bits per heavy atom. The highest BCUT2D eigenvalue weighted by Gasteiger charge is 2.26. The number of sulfonamides is 1. The summed E-state index contributed by atoms with van der Waals surface area (Å²) in [6.45, 7) is 2.88. The van der Waals surface area contributed by atoms with Crippen LogP contribution in [0.3, 0.4) is 0 Å². The Balaban J connectivity index is 0.00000312. The zero-order valence-corrected chi connectivity index (χ0v) is 16.2. The maximum absolute atomic E-state index is 12.5. The topological polar surface area (TPSA) is 87.7 Å². The number of nitrogens with zero attached hydrogens (tertiary/aromatic N) is 1. The summed E-state index contributed by atoms with van der Waals surface area (Å²) in [4.78, 5) is 14.5. The van der Waals surface area contributed by atoms with Gasteiger partial charge in [-0.2, -0.15) is 0 Å². The number of likely N-dealkylation sites (tertiary alicyclic amines) is 1. The van der Waals surface area contributed by atoms with Gasteiger partial charge < -0.3 is 15.0 Å². The van der Waals surface area contributed by atoms with Crippen molar-refractivity contribution in [2.24, 2.45) is 5.92 Å². The second-order valence-corrected chi connectivity index (χ2v) is 7.65. The molecule has 1 saturated heterocycles. The first kappa shape index (κ1) is 21.9. The number of carbonyl (C=O) groups excluding carboxylic acids is 1. The van der Waals surface area contributed by atoms with E-state index in [1.165, 1.54) is 19.2 Å². The van der Waals surface area contributed by atoms with Crippen LogP contribution in [0.4, 0.5) is 0 Å². The molecule has 1 atom stereocenters. The third-order valence-electron chi connectivity index (χ3n) is 4.08. The van der Waals surface area contributed by atoms with Gasteiger partial charge in [-0.15, -0.1) is 12.4 Å². The van der Waals surface area contributed by atoms with Gasteiger partial charge in [-0.05, 0) is 50.2 Å². The van der Waals surface area contributed by atoms with E-state index in [1.54, 1.807) is 12.1 Å². The SMILES string of the molecule is CNCC1CCN(C(=O)c2ccc(S(=O)(=O)NCCOC)cc2)C1.Cl. The van der Waals surface area contributed by atoms with E-state index < -0.39 is 10.0 Å². The van der Waals surface area contributed by atoms with Crippen LogP contribution in [0.25, 0.3) is 0 Å². The summed E-state index contributed by atoms with van der Waals surface area (Å²) in [6, 6.07) is 6.06.